The summed E-state index contributed by atoms with van der Waals surface area (Å²) in [7, 11) is 0. The van der Waals surface area contributed by atoms with Crippen LogP contribution < -0.4 is 5.32 Å². The number of nitrogens with zero attached hydrogens (tertiary/aromatic N) is 1. The number of amides is 1. The number of anilines is 1. The van der Waals surface area contributed by atoms with Gasteiger partial charge in [0.25, 0.3) is 5.91 Å². The van der Waals surface area contributed by atoms with Crippen molar-refractivity contribution in [3.8, 4) is 0 Å². The number of halogens is 1. The number of benzene rings is 1. The molecule has 0 atom stereocenters. The number of rotatable bonds is 2. The third kappa shape index (κ3) is 2.44. The minimum Gasteiger partial charge on any atom is -0.361 e. The number of aromatic amines is 1. The normalized spacial score (nSPS) is 10.7. The van der Waals surface area contributed by atoms with E-state index in [0.717, 1.165) is 20.9 Å². The summed E-state index contributed by atoms with van der Waals surface area (Å²) < 4.78 is 0.920. The Labute approximate surface area is 124 Å². The van der Waals surface area contributed by atoms with Gasteiger partial charge in [0, 0.05) is 27.9 Å². The van der Waals surface area contributed by atoms with Crippen molar-refractivity contribution in [2.45, 2.75) is 6.92 Å². The summed E-state index contributed by atoms with van der Waals surface area (Å²) in [5.41, 5.74) is 2.56. The summed E-state index contributed by atoms with van der Waals surface area (Å²) in [6.07, 6.45) is 3.53. The monoisotopic (exact) mass is 329 g/mol. The fourth-order valence-electron chi connectivity index (χ4n) is 1.99. The van der Waals surface area contributed by atoms with E-state index in [1.165, 1.54) is 0 Å². The zero-order valence-corrected chi connectivity index (χ0v) is 12.4. The van der Waals surface area contributed by atoms with Gasteiger partial charge in [-0.05, 0) is 58.1 Å². The second kappa shape index (κ2) is 5.09. The smallest absolute Gasteiger partial charge is 0.256 e. The molecule has 0 aliphatic heterocycles. The highest BCUT2D eigenvalue weighted by Crippen LogP contribution is 2.19. The van der Waals surface area contributed by atoms with Crippen molar-refractivity contribution in [2.75, 3.05) is 5.32 Å². The Morgan fingerprint density at radius 2 is 2.15 bits per heavy atom. The van der Waals surface area contributed by atoms with Crippen LogP contribution in [-0.2, 0) is 0 Å². The number of carbonyl (C=O) groups excluding carboxylic acids is 1. The van der Waals surface area contributed by atoms with Gasteiger partial charge in [0.1, 0.15) is 5.82 Å². The lowest BCUT2D eigenvalue weighted by Crippen LogP contribution is -2.13. The Bertz CT molecular complexity index is 795. The molecule has 3 rings (SSSR count). The molecule has 4 nitrogen and oxygen atoms in total. The molecule has 2 heterocycles. The second-order valence-electron chi connectivity index (χ2n) is 4.55. The second-order valence-corrected chi connectivity index (χ2v) is 5.41. The molecule has 1 aromatic carbocycles. The number of H-pyrrole nitrogens is 1. The van der Waals surface area contributed by atoms with Gasteiger partial charge >= 0.3 is 0 Å². The molecular formula is C15H12BrN3O. The highest BCUT2D eigenvalue weighted by Gasteiger charge is 2.08. The van der Waals surface area contributed by atoms with Crippen molar-refractivity contribution in [1.29, 1.82) is 0 Å². The third-order valence-electron chi connectivity index (χ3n) is 3.11. The van der Waals surface area contributed by atoms with E-state index in [1.54, 1.807) is 12.3 Å². The Hall–Kier alpha value is -2.14. The number of aromatic nitrogens is 2. The van der Waals surface area contributed by atoms with Crippen LogP contribution in [0.15, 0.2) is 47.2 Å². The van der Waals surface area contributed by atoms with Gasteiger partial charge in [-0.1, -0.05) is 6.07 Å². The number of hydrogen-bond acceptors (Lipinski definition) is 2. The molecular weight excluding hydrogens is 318 g/mol. The van der Waals surface area contributed by atoms with E-state index in [-0.39, 0.29) is 5.91 Å². The SMILES string of the molecule is Cc1cc(NC(=O)c2ccc3cc[nH]c3c2)ncc1Br. The molecule has 0 fully saturated rings. The van der Waals surface area contributed by atoms with Gasteiger partial charge in [0.15, 0.2) is 0 Å². The minimum atomic E-state index is -0.171. The summed E-state index contributed by atoms with van der Waals surface area (Å²) in [4.78, 5) is 19.5. The predicted molar refractivity (Wildman–Crippen MR) is 82.9 cm³/mol. The van der Waals surface area contributed by atoms with Gasteiger partial charge in [0.05, 0.1) is 0 Å². The lowest BCUT2D eigenvalue weighted by atomic mass is 10.1. The van der Waals surface area contributed by atoms with Crippen LogP contribution in [0, 0.1) is 6.92 Å². The molecule has 0 saturated carbocycles. The summed E-state index contributed by atoms with van der Waals surface area (Å²) in [6, 6.07) is 9.35. The highest BCUT2D eigenvalue weighted by molar-refractivity contribution is 9.10. The Balaban J connectivity index is 1.86. The topological polar surface area (TPSA) is 57.8 Å². The van der Waals surface area contributed by atoms with Gasteiger partial charge in [-0.3, -0.25) is 4.79 Å². The van der Waals surface area contributed by atoms with Crippen LogP contribution in [0.2, 0.25) is 0 Å². The Kier molecular flexibility index (Phi) is 3.28. The van der Waals surface area contributed by atoms with Crippen LogP contribution in [0.3, 0.4) is 0 Å². The fourth-order valence-corrected chi connectivity index (χ4v) is 2.20. The Morgan fingerprint density at radius 3 is 2.95 bits per heavy atom. The molecule has 0 aliphatic rings. The molecule has 5 heteroatoms. The maximum Gasteiger partial charge on any atom is 0.256 e. The number of aryl methyl sites for hydroxylation is 1. The van der Waals surface area contributed by atoms with E-state index in [9.17, 15) is 4.79 Å². The molecule has 1 amide bonds. The van der Waals surface area contributed by atoms with E-state index >= 15 is 0 Å². The zero-order chi connectivity index (χ0) is 14.1. The van der Waals surface area contributed by atoms with E-state index in [2.05, 4.69) is 31.2 Å². The minimum absolute atomic E-state index is 0.171. The van der Waals surface area contributed by atoms with Crippen LogP contribution >= 0.6 is 15.9 Å². The maximum absolute atomic E-state index is 12.2. The van der Waals surface area contributed by atoms with E-state index < -0.39 is 0 Å². The molecule has 0 saturated heterocycles. The number of fused-ring (bicyclic) bond motifs is 1. The first-order chi connectivity index (χ1) is 9.63. The highest BCUT2D eigenvalue weighted by atomic mass is 79.9. The van der Waals surface area contributed by atoms with Crippen molar-refractivity contribution in [2.24, 2.45) is 0 Å². The zero-order valence-electron chi connectivity index (χ0n) is 10.8. The molecule has 3 aromatic rings. The molecule has 0 unspecified atom stereocenters. The quantitative estimate of drug-likeness (QED) is 0.749. The van der Waals surface area contributed by atoms with Crippen LogP contribution in [-0.4, -0.2) is 15.9 Å². The number of pyridine rings is 1. The summed E-state index contributed by atoms with van der Waals surface area (Å²) in [6.45, 7) is 1.95. The average Bonchev–Trinajstić information content (AvgIpc) is 2.90. The van der Waals surface area contributed by atoms with E-state index in [4.69, 9.17) is 0 Å². The molecule has 20 heavy (non-hydrogen) atoms. The maximum atomic E-state index is 12.2. The van der Waals surface area contributed by atoms with Gasteiger partial charge in [-0.15, -0.1) is 0 Å². The number of carbonyl (C=O) groups is 1. The van der Waals surface area contributed by atoms with E-state index in [1.807, 2.05) is 37.4 Å². The largest absolute Gasteiger partial charge is 0.361 e. The van der Waals surface area contributed by atoms with Gasteiger partial charge in [-0.2, -0.15) is 0 Å². The van der Waals surface area contributed by atoms with Crippen molar-refractivity contribution in [3.05, 3.63) is 58.3 Å². The van der Waals surface area contributed by atoms with Crippen molar-refractivity contribution >= 4 is 38.6 Å². The molecule has 2 N–H and O–H groups in total. The molecule has 100 valence electrons. The van der Waals surface area contributed by atoms with Gasteiger partial charge in [-0.25, -0.2) is 4.98 Å². The lowest BCUT2D eigenvalue weighted by Gasteiger charge is -2.06. The van der Waals surface area contributed by atoms with Crippen molar-refractivity contribution in [1.82, 2.24) is 9.97 Å². The molecule has 2 aromatic heterocycles. The summed E-state index contributed by atoms with van der Waals surface area (Å²) in [5.74, 6) is 0.373. The average molecular weight is 330 g/mol. The van der Waals surface area contributed by atoms with Crippen molar-refractivity contribution < 1.29 is 4.79 Å². The van der Waals surface area contributed by atoms with Crippen molar-refractivity contribution in [3.63, 3.8) is 0 Å². The van der Waals surface area contributed by atoms with Gasteiger partial charge in [0.2, 0.25) is 0 Å². The third-order valence-corrected chi connectivity index (χ3v) is 3.94. The summed E-state index contributed by atoms with van der Waals surface area (Å²) >= 11 is 3.38. The molecule has 0 aliphatic carbocycles. The van der Waals surface area contributed by atoms with Gasteiger partial charge < -0.3 is 10.3 Å². The number of nitrogens with one attached hydrogen (secondary N) is 2. The predicted octanol–water partition coefficient (Wildman–Crippen LogP) is 3.89. The summed E-state index contributed by atoms with van der Waals surface area (Å²) in [5, 5.41) is 3.88. The van der Waals surface area contributed by atoms with Crippen LogP contribution in [0.1, 0.15) is 15.9 Å². The van der Waals surface area contributed by atoms with E-state index in [0.29, 0.717) is 11.4 Å². The standard InChI is InChI=1S/C15H12BrN3O/c1-9-6-14(18-8-12(9)16)19-15(20)11-3-2-10-4-5-17-13(10)7-11/h2-8,17H,1H3,(H,18,19,20). The molecule has 0 radical (unpaired) electrons. The van der Waals surface area contributed by atoms with Crippen LogP contribution in [0.5, 0.6) is 0 Å². The first-order valence-corrected chi connectivity index (χ1v) is 6.93. The van der Waals surface area contributed by atoms with Crippen LogP contribution in [0.25, 0.3) is 10.9 Å². The first-order valence-electron chi connectivity index (χ1n) is 6.14. The lowest BCUT2D eigenvalue weighted by molar-refractivity contribution is 0.102. The number of hydrogen-bond donors (Lipinski definition) is 2. The fraction of sp³-hybridized carbons (Fsp3) is 0.0667. The molecule has 0 bridgehead atoms. The Morgan fingerprint density at radius 1 is 1.30 bits per heavy atom. The van der Waals surface area contributed by atoms with Crippen LogP contribution in [0.4, 0.5) is 5.82 Å². The molecule has 0 spiro atoms. The first kappa shape index (κ1) is 12.9.